The van der Waals surface area contributed by atoms with Crippen LogP contribution in [0.5, 0.6) is 0 Å². The van der Waals surface area contributed by atoms with E-state index in [0.717, 1.165) is 5.56 Å². The number of rotatable bonds is 4. The first-order valence-electron chi connectivity index (χ1n) is 6.14. The lowest BCUT2D eigenvalue weighted by Gasteiger charge is -2.01. The number of nitrogens with zero attached hydrogens (tertiary/aromatic N) is 1. The Morgan fingerprint density at radius 2 is 1.77 bits per heavy atom. The fraction of sp³-hybridized carbons (Fsp3) is 0. The molecule has 0 unspecified atom stereocenters. The van der Waals surface area contributed by atoms with Gasteiger partial charge in [0.05, 0.1) is 15.0 Å². The van der Waals surface area contributed by atoms with Gasteiger partial charge in [0.15, 0.2) is 0 Å². The number of halogens is 2. The van der Waals surface area contributed by atoms with Gasteiger partial charge in [0.1, 0.15) is 0 Å². The zero-order chi connectivity index (χ0) is 16.1. The number of carbonyl (C=O) groups is 1. The summed E-state index contributed by atoms with van der Waals surface area (Å²) in [5, 5.41) is 14.0. The molecule has 2 aromatic rings. The summed E-state index contributed by atoms with van der Waals surface area (Å²) in [6.45, 7) is 0. The molecule has 22 heavy (non-hydrogen) atoms. The van der Waals surface area contributed by atoms with Crippen molar-refractivity contribution >= 4 is 46.6 Å². The molecule has 2 rings (SSSR count). The smallest absolute Gasteiger partial charge is 0.269 e. The Morgan fingerprint density at radius 3 is 2.36 bits per heavy atom. The summed E-state index contributed by atoms with van der Waals surface area (Å²) in [5.41, 5.74) is 1.16. The summed E-state index contributed by atoms with van der Waals surface area (Å²) in [7, 11) is 0. The van der Waals surface area contributed by atoms with Crippen molar-refractivity contribution in [3.8, 4) is 0 Å². The van der Waals surface area contributed by atoms with E-state index in [-0.39, 0.29) is 11.6 Å². The van der Waals surface area contributed by atoms with Crippen molar-refractivity contribution in [1.82, 2.24) is 0 Å². The fourth-order valence-corrected chi connectivity index (χ4v) is 1.94. The summed E-state index contributed by atoms with van der Waals surface area (Å²) >= 11 is 11.7. The first-order chi connectivity index (χ1) is 10.5. The second-order valence-corrected chi connectivity index (χ2v) is 5.11. The lowest BCUT2D eigenvalue weighted by Crippen LogP contribution is -2.07. The molecule has 0 atom stereocenters. The molecule has 1 amide bonds. The van der Waals surface area contributed by atoms with Crippen LogP contribution in [0.25, 0.3) is 6.08 Å². The number of anilines is 1. The molecule has 0 radical (unpaired) electrons. The summed E-state index contributed by atoms with van der Waals surface area (Å²) in [4.78, 5) is 21.8. The first kappa shape index (κ1) is 16.0. The van der Waals surface area contributed by atoms with Gasteiger partial charge in [-0.3, -0.25) is 14.9 Å². The van der Waals surface area contributed by atoms with Crippen LogP contribution in [0.4, 0.5) is 11.4 Å². The van der Waals surface area contributed by atoms with Crippen LogP contribution in [0.15, 0.2) is 48.5 Å². The number of non-ortho nitro benzene ring substituents is 1. The minimum Gasteiger partial charge on any atom is -0.323 e. The molecule has 0 heterocycles. The Labute approximate surface area is 136 Å². The van der Waals surface area contributed by atoms with Gasteiger partial charge in [-0.1, -0.05) is 29.3 Å². The summed E-state index contributed by atoms with van der Waals surface area (Å²) in [6, 6.07) is 10.6. The van der Waals surface area contributed by atoms with E-state index in [2.05, 4.69) is 5.32 Å². The van der Waals surface area contributed by atoms with Crippen LogP contribution >= 0.6 is 23.2 Å². The Hall–Kier alpha value is -2.37. The van der Waals surface area contributed by atoms with Crippen LogP contribution < -0.4 is 5.32 Å². The third-order valence-corrected chi connectivity index (χ3v) is 3.46. The highest BCUT2D eigenvalue weighted by Crippen LogP contribution is 2.23. The maximum Gasteiger partial charge on any atom is 0.269 e. The second-order valence-electron chi connectivity index (χ2n) is 4.30. The van der Waals surface area contributed by atoms with Gasteiger partial charge in [0.25, 0.3) is 5.69 Å². The number of amides is 1. The molecule has 5 nitrogen and oxygen atoms in total. The minimum absolute atomic E-state index is 0.0376. The molecule has 0 aliphatic rings. The molecule has 7 heteroatoms. The number of nitrogens with one attached hydrogen (secondary N) is 1. The molecule has 0 fully saturated rings. The van der Waals surface area contributed by atoms with Crippen LogP contribution in [0, 0.1) is 10.1 Å². The maximum absolute atomic E-state index is 11.8. The zero-order valence-electron chi connectivity index (χ0n) is 11.1. The van der Waals surface area contributed by atoms with Gasteiger partial charge in [0.2, 0.25) is 5.91 Å². The van der Waals surface area contributed by atoms with Gasteiger partial charge in [-0.15, -0.1) is 0 Å². The Bertz CT molecular complexity index is 743. The van der Waals surface area contributed by atoms with Crippen molar-refractivity contribution in [2.75, 3.05) is 5.32 Å². The van der Waals surface area contributed by atoms with Gasteiger partial charge in [-0.25, -0.2) is 0 Å². The van der Waals surface area contributed by atoms with Crippen molar-refractivity contribution in [2.24, 2.45) is 0 Å². The molecule has 2 aromatic carbocycles. The lowest BCUT2D eigenvalue weighted by atomic mass is 10.2. The van der Waals surface area contributed by atoms with Crippen molar-refractivity contribution in [2.45, 2.75) is 0 Å². The largest absolute Gasteiger partial charge is 0.323 e. The molecule has 0 spiro atoms. The third-order valence-electron chi connectivity index (χ3n) is 2.72. The molecule has 0 aliphatic heterocycles. The Morgan fingerprint density at radius 1 is 1.09 bits per heavy atom. The van der Waals surface area contributed by atoms with Crippen molar-refractivity contribution < 1.29 is 9.72 Å². The molecule has 1 N–H and O–H groups in total. The van der Waals surface area contributed by atoms with Crippen LogP contribution in [0.1, 0.15) is 5.56 Å². The van der Waals surface area contributed by atoms with E-state index in [4.69, 9.17) is 23.2 Å². The van der Waals surface area contributed by atoms with Gasteiger partial charge >= 0.3 is 0 Å². The van der Waals surface area contributed by atoms with Gasteiger partial charge in [-0.05, 0) is 35.9 Å². The topological polar surface area (TPSA) is 72.2 Å². The lowest BCUT2D eigenvalue weighted by molar-refractivity contribution is -0.384. The average Bonchev–Trinajstić information content (AvgIpc) is 2.49. The molecule has 0 aromatic heterocycles. The molecular weight excluding hydrogens is 327 g/mol. The van der Waals surface area contributed by atoms with Crippen molar-refractivity contribution in [3.05, 3.63) is 74.3 Å². The number of hydrogen-bond acceptors (Lipinski definition) is 3. The second kappa shape index (κ2) is 7.06. The van der Waals surface area contributed by atoms with Crippen LogP contribution in [-0.2, 0) is 4.79 Å². The Balaban J connectivity index is 2.01. The summed E-state index contributed by atoms with van der Waals surface area (Å²) in [6.07, 6.45) is 2.92. The summed E-state index contributed by atoms with van der Waals surface area (Å²) < 4.78 is 0. The SMILES string of the molecule is O=C(/C=C/c1ccc(Cl)c(Cl)c1)Nc1ccc([N+](=O)[O-])cc1. The van der Waals surface area contributed by atoms with E-state index < -0.39 is 4.92 Å². The molecule has 0 saturated heterocycles. The predicted octanol–water partition coefficient (Wildman–Crippen LogP) is 4.55. The normalized spacial score (nSPS) is 10.6. The van der Waals surface area contributed by atoms with Crippen LogP contribution in [-0.4, -0.2) is 10.8 Å². The number of hydrogen-bond donors (Lipinski definition) is 1. The average molecular weight is 337 g/mol. The summed E-state index contributed by atoms with van der Waals surface area (Å²) in [5.74, 6) is -0.361. The quantitative estimate of drug-likeness (QED) is 0.505. The molecule has 0 aliphatic carbocycles. The maximum atomic E-state index is 11.8. The van der Waals surface area contributed by atoms with Crippen molar-refractivity contribution in [1.29, 1.82) is 0 Å². The highest BCUT2D eigenvalue weighted by Gasteiger charge is 2.05. The minimum atomic E-state index is -0.504. The number of benzene rings is 2. The molecular formula is C15H10Cl2N2O3. The van der Waals surface area contributed by atoms with Crippen molar-refractivity contribution in [3.63, 3.8) is 0 Å². The standard InChI is InChI=1S/C15H10Cl2N2O3/c16-13-7-1-10(9-14(13)17)2-8-15(20)18-11-3-5-12(6-4-11)19(21)22/h1-9H,(H,18,20)/b8-2+. The third kappa shape index (κ3) is 4.31. The number of carbonyl (C=O) groups excluding carboxylic acids is 1. The van der Waals surface area contributed by atoms with E-state index >= 15 is 0 Å². The first-order valence-corrected chi connectivity index (χ1v) is 6.90. The monoisotopic (exact) mass is 336 g/mol. The van der Waals surface area contributed by atoms with Gasteiger partial charge in [-0.2, -0.15) is 0 Å². The van der Waals surface area contributed by atoms with Gasteiger partial charge < -0.3 is 5.32 Å². The molecule has 112 valence electrons. The molecule has 0 saturated carbocycles. The Kier molecular flexibility index (Phi) is 5.14. The van der Waals surface area contributed by atoms with E-state index in [1.807, 2.05) is 0 Å². The predicted molar refractivity (Wildman–Crippen MR) is 87.2 cm³/mol. The van der Waals surface area contributed by atoms with E-state index in [0.29, 0.717) is 15.7 Å². The highest BCUT2D eigenvalue weighted by molar-refractivity contribution is 6.42. The van der Waals surface area contributed by atoms with E-state index in [1.54, 1.807) is 24.3 Å². The zero-order valence-corrected chi connectivity index (χ0v) is 12.6. The van der Waals surface area contributed by atoms with E-state index in [1.165, 1.54) is 30.3 Å². The molecule has 0 bridgehead atoms. The van der Waals surface area contributed by atoms with E-state index in [9.17, 15) is 14.9 Å². The highest BCUT2D eigenvalue weighted by atomic mass is 35.5. The van der Waals surface area contributed by atoms with Crippen LogP contribution in [0.3, 0.4) is 0 Å². The number of nitro benzene ring substituents is 1. The fourth-order valence-electron chi connectivity index (χ4n) is 1.64. The van der Waals surface area contributed by atoms with Gasteiger partial charge in [0, 0.05) is 23.9 Å². The van der Waals surface area contributed by atoms with Crippen LogP contribution in [0.2, 0.25) is 10.0 Å². The number of nitro groups is 1.